The van der Waals surface area contributed by atoms with Crippen LogP contribution in [0.2, 0.25) is 4.34 Å². The minimum atomic E-state index is 0.298. The summed E-state index contributed by atoms with van der Waals surface area (Å²) in [7, 11) is 0. The summed E-state index contributed by atoms with van der Waals surface area (Å²) in [6.07, 6.45) is 0. The molecule has 0 amide bonds. The molecule has 0 aliphatic rings. The van der Waals surface area contributed by atoms with Crippen molar-refractivity contribution in [1.82, 2.24) is 10.7 Å². The highest BCUT2D eigenvalue weighted by Gasteiger charge is 2.02. The third kappa shape index (κ3) is 4.47. The number of nitrogens with zero attached hydrogens (tertiary/aromatic N) is 1. The molecule has 1 aromatic rings. The van der Waals surface area contributed by atoms with E-state index < -0.39 is 0 Å². The number of rotatable bonds is 3. The van der Waals surface area contributed by atoms with Gasteiger partial charge in [0.05, 0.1) is 14.9 Å². The fraction of sp³-hybridized carbons (Fsp3) is 0.400. The van der Waals surface area contributed by atoms with Crippen LogP contribution in [0.3, 0.4) is 0 Å². The summed E-state index contributed by atoms with van der Waals surface area (Å²) in [5, 5.41) is 7.75. The summed E-state index contributed by atoms with van der Waals surface area (Å²) in [6.45, 7) is 5.94. The lowest BCUT2D eigenvalue weighted by Gasteiger charge is -2.10. The van der Waals surface area contributed by atoms with Crippen LogP contribution in [0.25, 0.3) is 0 Å². The van der Waals surface area contributed by atoms with Crippen LogP contribution in [0.5, 0.6) is 0 Å². The van der Waals surface area contributed by atoms with Gasteiger partial charge in [-0.25, -0.2) is 0 Å². The van der Waals surface area contributed by atoms with Gasteiger partial charge in [-0.2, -0.15) is 5.10 Å². The zero-order valence-corrected chi connectivity index (χ0v) is 11.8. The Kier molecular flexibility index (Phi) is 5.18. The van der Waals surface area contributed by atoms with Gasteiger partial charge in [0.2, 0.25) is 0 Å². The first-order chi connectivity index (χ1) is 7.49. The molecule has 3 nitrogen and oxygen atoms in total. The molecule has 0 saturated carbocycles. The van der Waals surface area contributed by atoms with E-state index in [4.69, 9.17) is 23.8 Å². The fourth-order valence-corrected chi connectivity index (χ4v) is 2.26. The van der Waals surface area contributed by atoms with Crippen molar-refractivity contribution in [2.75, 3.05) is 0 Å². The predicted molar refractivity (Wildman–Crippen MR) is 75.5 cm³/mol. The highest BCUT2D eigenvalue weighted by atomic mass is 35.5. The topological polar surface area (TPSA) is 36.4 Å². The van der Waals surface area contributed by atoms with Crippen molar-refractivity contribution in [3.8, 4) is 0 Å². The second-order valence-electron chi connectivity index (χ2n) is 3.54. The van der Waals surface area contributed by atoms with E-state index in [9.17, 15) is 0 Å². The first-order valence-corrected chi connectivity index (χ1v) is 6.46. The molecule has 6 heteroatoms. The Morgan fingerprint density at radius 1 is 1.50 bits per heavy atom. The van der Waals surface area contributed by atoms with Crippen LogP contribution in [0, 0.1) is 0 Å². The van der Waals surface area contributed by atoms with Gasteiger partial charge < -0.3 is 5.32 Å². The lowest BCUT2D eigenvalue weighted by atomic mass is 10.3. The third-order valence-corrected chi connectivity index (χ3v) is 3.22. The van der Waals surface area contributed by atoms with E-state index in [0.29, 0.717) is 11.2 Å². The van der Waals surface area contributed by atoms with E-state index in [-0.39, 0.29) is 0 Å². The lowest BCUT2D eigenvalue weighted by Crippen LogP contribution is -2.37. The van der Waals surface area contributed by atoms with Crippen molar-refractivity contribution in [3.05, 3.63) is 21.3 Å². The molecule has 0 atom stereocenters. The molecule has 16 heavy (non-hydrogen) atoms. The average molecular weight is 276 g/mol. The predicted octanol–water partition coefficient (Wildman–Crippen LogP) is 3.00. The summed E-state index contributed by atoms with van der Waals surface area (Å²) in [5.41, 5.74) is 3.66. The van der Waals surface area contributed by atoms with E-state index in [1.54, 1.807) is 0 Å². The molecular formula is C10H14ClN3S2. The van der Waals surface area contributed by atoms with Gasteiger partial charge in [0.25, 0.3) is 0 Å². The number of thiocarbonyl (C=S) groups is 1. The van der Waals surface area contributed by atoms with E-state index in [1.165, 1.54) is 11.3 Å². The van der Waals surface area contributed by atoms with Gasteiger partial charge in [0.15, 0.2) is 5.11 Å². The number of hydrazone groups is 1. The van der Waals surface area contributed by atoms with Crippen molar-refractivity contribution in [2.45, 2.75) is 26.8 Å². The Morgan fingerprint density at radius 2 is 2.19 bits per heavy atom. The molecule has 0 aliphatic carbocycles. The Bertz CT molecular complexity index is 399. The highest BCUT2D eigenvalue weighted by Crippen LogP contribution is 2.21. The van der Waals surface area contributed by atoms with Crippen LogP contribution in [-0.2, 0) is 0 Å². The van der Waals surface area contributed by atoms with Gasteiger partial charge in [0, 0.05) is 6.04 Å². The molecule has 0 bridgehead atoms. The second kappa shape index (κ2) is 6.18. The van der Waals surface area contributed by atoms with Crippen LogP contribution in [0.4, 0.5) is 0 Å². The summed E-state index contributed by atoms with van der Waals surface area (Å²) >= 11 is 12.4. The van der Waals surface area contributed by atoms with Gasteiger partial charge in [0.1, 0.15) is 0 Å². The van der Waals surface area contributed by atoms with E-state index in [1.807, 2.05) is 32.9 Å². The molecule has 1 aromatic heterocycles. The van der Waals surface area contributed by atoms with Crippen molar-refractivity contribution >= 4 is 46.0 Å². The Balaban J connectivity index is 2.54. The Labute approximate surface area is 110 Å². The molecule has 0 aromatic carbocycles. The molecule has 0 radical (unpaired) electrons. The van der Waals surface area contributed by atoms with Crippen LogP contribution in [0.1, 0.15) is 25.6 Å². The highest BCUT2D eigenvalue weighted by molar-refractivity contribution is 7.80. The smallest absolute Gasteiger partial charge is 0.187 e. The third-order valence-electron chi connectivity index (χ3n) is 1.67. The van der Waals surface area contributed by atoms with Gasteiger partial charge in [-0.15, -0.1) is 11.3 Å². The van der Waals surface area contributed by atoms with Gasteiger partial charge in [-0.05, 0) is 45.1 Å². The van der Waals surface area contributed by atoms with E-state index in [2.05, 4.69) is 15.8 Å². The molecule has 1 heterocycles. The molecule has 0 unspecified atom stereocenters. The number of hydrogen-bond donors (Lipinski definition) is 2. The SMILES string of the molecule is C/C(=N/NC(=S)NC(C)C)c1ccc(Cl)s1. The summed E-state index contributed by atoms with van der Waals surface area (Å²) < 4.78 is 0.757. The number of halogens is 1. The largest absolute Gasteiger partial charge is 0.359 e. The minimum Gasteiger partial charge on any atom is -0.359 e. The summed E-state index contributed by atoms with van der Waals surface area (Å²) in [6, 6.07) is 4.09. The van der Waals surface area contributed by atoms with Gasteiger partial charge in [-0.3, -0.25) is 5.43 Å². The molecular weight excluding hydrogens is 262 g/mol. The molecule has 0 aliphatic heterocycles. The zero-order chi connectivity index (χ0) is 12.1. The maximum atomic E-state index is 5.84. The van der Waals surface area contributed by atoms with Crippen molar-refractivity contribution in [2.24, 2.45) is 5.10 Å². The maximum Gasteiger partial charge on any atom is 0.187 e. The molecule has 1 rings (SSSR count). The first kappa shape index (κ1) is 13.4. The van der Waals surface area contributed by atoms with E-state index >= 15 is 0 Å². The van der Waals surface area contributed by atoms with Crippen molar-refractivity contribution < 1.29 is 0 Å². The molecule has 0 fully saturated rings. The van der Waals surface area contributed by atoms with Crippen LogP contribution < -0.4 is 10.7 Å². The maximum absolute atomic E-state index is 5.84. The number of nitrogens with one attached hydrogen (secondary N) is 2. The molecule has 0 spiro atoms. The average Bonchev–Trinajstić information content (AvgIpc) is 2.60. The second-order valence-corrected chi connectivity index (χ2v) is 5.66. The summed E-state index contributed by atoms with van der Waals surface area (Å²) in [4.78, 5) is 1.03. The normalized spacial score (nSPS) is 11.7. The molecule has 0 saturated heterocycles. The first-order valence-electron chi connectivity index (χ1n) is 4.85. The fourth-order valence-electron chi connectivity index (χ4n) is 0.993. The Hall–Kier alpha value is -0.650. The Morgan fingerprint density at radius 3 is 2.69 bits per heavy atom. The monoisotopic (exact) mass is 275 g/mol. The van der Waals surface area contributed by atoms with E-state index in [0.717, 1.165) is 14.9 Å². The van der Waals surface area contributed by atoms with Gasteiger partial charge >= 0.3 is 0 Å². The lowest BCUT2D eigenvalue weighted by molar-refractivity contribution is 0.719. The zero-order valence-electron chi connectivity index (χ0n) is 9.37. The van der Waals surface area contributed by atoms with Crippen molar-refractivity contribution in [3.63, 3.8) is 0 Å². The van der Waals surface area contributed by atoms with Crippen LogP contribution in [-0.4, -0.2) is 16.9 Å². The number of hydrogen-bond acceptors (Lipinski definition) is 3. The quantitative estimate of drug-likeness (QED) is 0.506. The van der Waals surface area contributed by atoms with Crippen LogP contribution in [0.15, 0.2) is 17.2 Å². The number of thiophene rings is 1. The minimum absolute atomic E-state index is 0.298. The van der Waals surface area contributed by atoms with Crippen molar-refractivity contribution in [1.29, 1.82) is 0 Å². The standard InChI is InChI=1S/C10H14ClN3S2/c1-6(2)12-10(15)14-13-7(3)8-4-5-9(11)16-8/h4-6H,1-3H3,(H2,12,14,15)/b13-7-. The van der Waals surface area contributed by atoms with Gasteiger partial charge in [-0.1, -0.05) is 11.6 Å². The summed E-state index contributed by atoms with van der Waals surface area (Å²) in [5.74, 6) is 0. The van der Waals surface area contributed by atoms with Crippen LogP contribution >= 0.6 is 35.2 Å². The molecule has 88 valence electrons. The molecule has 2 N–H and O–H groups in total.